The summed E-state index contributed by atoms with van der Waals surface area (Å²) in [5.74, 6) is 0. The standard InChI is InChI=1S/C15H16BrN/c1-11-4-2-6-13(8-11)15(17)10-12-5-3-7-14(16)9-12/h2-9,15H,10,17H2,1H3. The molecule has 1 atom stereocenters. The van der Waals surface area contributed by atoms with Crippen molar-refractivity contribution in [3.63, 3.8) is 0 Å². The van der Waals surface area contributed by atoms with Crippen LogP contribution in [0.25, 0.3) is 0 Å². The van der Waals surface area contributed by atoms with Crippen molar-refractivity contribution in [2.75, 3.05) is 0 Å². The summed E-state index contributed by atoms with van der Waals surface area (Å²) in [7, 11) is 0. The molecule has 0 spiro atoms. The first kappa shape index (κ1) is 12.3. The minimum Gasteiger partial charge on any atom is -0.324 e. The minimum atomic E-state index is 0.0594. The Morgan fingerprint density at radius 1 is 1.12 bits per heavy atom. The third-order valence-electron chi connectivity index (χ3n) is 2.81. The zero-order valence-corrected chi connectivity index (χ0v) is 11.4. The Morgan fingerprint density at radius 2 is 1.88 bits per heavy atom. The fourth-order valence-electron chi connectivity index (χ4n) is 1.94. The van der Waals surface area contributed by atoms with Crippen molar-refractivity contribution in [3.05, 3.63) is 69.7 Å². The van der Waals surface area contributed by atoms with E-state index in [4.69, 9.17) is 5.73 Å². The zero-order valence-electron chi connectivity index (χ0n) is 9.86. The van der Waals surface area contributed by atoms with Crippen LogP contribution < -0.4 is 5.73 Å². The normalized spacial score (nSPS) is 12.4. The Balaban J connectivity index is 2.14. The summed E-state index contributed by atoms with van der Waals surface area (Å²) in [6, 6.07) is 16.8. The van der Waals surface area contributed by atoms with Crippen molar-refractivity contribution in [2.45, 2.75) is 19.4 Å². The molecular weight excluding hydrogens is 274 g/mol. The van der Waals surface area contributed by atoms with Gasteiger partial charge in [-0.05, 0) is 36.6 Å². The molecule has 1 nitrogen and oxygen atoms in total. The maximum Gasteiger partial charge on any atom is 0.0335 e. The van der Waals surface area contributed by atoms with Gasteiger partial charge in [0.25, 0.3) is 0 Å². The molecule has 2 N–H and O–H groups in total. The highest BCUT2D eigenvalue weighted by molar-refractivity contribution is 9.10. The molecule has 2 aromatic carbocycles. The zero-order chi connectivity index (χ0) is 12.3. The average molecular weight is 290 g/mol. The van der Waals surface area contributed by atoms with Gasteiger partial charge in [-0.15, -0.1) is 0 Å². The lowest BCUT2D eigenvalue weighted by Crippen LogP contribution is -2.13. The van der Waals surface area contributed by atoms with Crippen molar-refractivity contribution in [3.8, 4) is 0 Å². The molecule has 0 aliphatic heterocycles. The number of halogens is 1. The van der Waals surface area contributed by atoms with Crippen molar-refractivity contribution < 1.29 is 0 Å². The van der Waals surface area contributed by atoms with Crippen LogP contribution in [-0.4, -0.2) is 0 Å². The molecule has 17 heavy (non-hydrogen) atoms. The van der Waals surface area contributed by atoms with Crippen molar-refractivity contribution in [1.82, 2.24) is 0 Å². The van der Waals surface area contributed by atoms with Gasteiger partial charge in [0.15, 0.2) is 0 Å². The van der Waals surface area contributed by atoms with E-state index in [2.05, 4.69) is 59.3 Å². The average Bonchev–Trinajstić information content (AvgIpc) is 2.29. The van der Waals surface area contributed by atoms with Crippen LogP contribution in [0.2, 0.25) is 0 Å². The van der Waals surface area contributed by atoms with E-state index in [0.717, 1.165) is 10.9 Å². The first-order valence-electron chi connectivity index (χ1n) is 5.72. The Hall–Kier alpha value is -1.12. The topological polar surface area (TPSA) is 26.0 Å². The number of rotatable bonds is 3. The van der Waals surface area contributed by atoms with Crippen LogP contribution in [0.15, 0.2) is 53.0 Å². The van der Waals surface area contributed by atoms with E-state index < -0.39 is 0 Å². The van der Waals surface area contributed by atoms with E-state index in [9.17, 15) is 0 Å². The van der Waals surface area contributed by atoms with E-state index in [1.807, 2.05) is 12.1 Å². The first-order chi connectivity index (χ1) is 8.15. The summed E-state index contributed by atoms with van der Waals surface area (Å²) in [6.45, 7) is 2.09. The third kappa shape index (κ3) is 3.42. The molecule has 2 heteroatoms. The number of aryl methyl sites for hydroxylation is 1. The molecule has 1 unspecified atom stereocenters. The molecule has 0 saturated heterocycles. The molecule has 88 valence electrons. The summed E-state index contributed by atoms with van der Waals surface area (Å²) in [4.78, 5) is 0. The van der Waals surface area contributed by atoms with Gasteiger partial charge in [-0.25, -0.2) is 0 Å². The van der Waals surface area contributed by atoms with Crippen LogP contribution >= 0.6 is 15.9 Å². The molecule has 0 bridgehead atoms. The molecule has 0 saturated carbocycles. The lowest BCUT2D eigenvalue weighted by Gasteiger charge is -2.13. The molecule has 0 aromatic heterocycles. The highest BCUT2D eigenvalue weighted by Gasteiger charge is 2.07. The smallest absolute Gasteiger partial charge is 0.0335 e. The molecule has 0 heterocycles. The van der Waals surface area contributed by atoms with Crippen LogP contribution in [0.5, 0.6) is 0 Å². The predicted molar refractivity (Wildman–Crippen MR) is 76.0 cm³/mol. The summed E-state index contributed by atoms with van der Waals surface area (Å²) in [5, 5.41) is 0. The molecule has 0 radical (unpaired) electrons. The van der Waals surface area contributed by atoms with Gasteiger partial charge in [-0.3, -0.25) is 0 Å². The van der Waals surface area contributed by atoms with E-state index >= 15 is 0 Å². The quantitative estimate of drug-likeness (QED) is 0.908. The summed E-state index contributed by atoms with van der Waals surface area (Å²) < 4.78 is 1.10. The third-order valence-corrected chi connectivity index (χ3v) is 3.31. The number of hydrogen-bond donors (Lipinski definition) is 1. The molecule has 2 aromatic rings. The maximum atomic E-state index is 6.23. The second-order valence-corrected chi connectivity index (χ2v) is 5.27. The number of nitrogens with two attached hydrogens (primary N) is 1. The second kappa shape index (κ2) is 5.48. The van der Waals surface area contributed by atoms with Gasteiger partial charge in [-0.1, -0.05) is 57.9 Å². The van der Waals surface area contributed by atoms with Gasteiger partial charge in [0, 0.05) is 10.5 Å². The van der Waals surface area contributed by atoms with Gasteiger partial charge in [0.2, 0.25) is 0 Å². The van der Waals surface area contributed by atoms with Crippen molar-refractivity contribution in [1.29, 1.82) is 0 Å². The Labute approximate surface area is 111 Å². The predicted octanol–water partition coefficient (Wildman–Crippen LogP) is 4.00. The number of hydrogen-bond acceptors (Lipinski definition) is 1. The fraction of sp³-hybridized carbons (Fsp3) is 0.200. The fourth-order valence-corrected chi connectivity index (χ4v) is 2.38. The van der Waals surface area contributed by atoms with Crippen LogP contribution in [-0.2, 0) is 6.42 Å². The molecule has 0 aliphatic carbocycles. The summed E-state index contributed by atoms with van der Waals surface area (Å²) in [5.41, 5.74) is 9.94. The Morgan fingerprint density at radius 3 is 2.59 bits per heavy atom. The minimum absolute atomic E-state index is 0.0594. The van der Waals surface area contributed by atoms with Crippen LogP contribution in [0.1, 0.15) is 22.7 Å². The molecular formula is C15H16BrN. The lowest BCUT2D eigenvalue weighted by molar-refractivity contribution is 0.721. The number of benzene rings is 2. The second-order valence-electron chi connectivity index (χ2n) is 4.35. The highest BCUT2D eigenvalue weighted by atomic mass is 79.9. The van der Waals surface area contributed by atoms with Crippen LogP contribution in [0.3, 0.4) is 0 Å². The largest absolute Gasteiger partial charge is 0.324 e. The highest BCUT2D eigenvalue weighted by Crippen LogP contribution is 2.19. The van der Waals surface area contributed by atoms with E-state index in [0.29, 0.717) is 0 Å². The SMILES string of the molecule is Cc1cccc(C(N)Cc2cccc(Br)c2)c1. The van der Waals surface area contributed by atoms with Gasteiger partial charge >= 0.3 is 0 Å². The van der Waals surface area contributed by atoms with E-state index in [1.54, 1.807) is 0 Å². The molecule has 0 amide bonds. The van der Waals surface area contributed by atoms with Crippen LogP contribution in [0.4, 0.5) is 0 Å². The monoisotopic (exact) mass is 289 g/mol. The molecule has 0 aliphatic rings. The van der Waals surface area contributed by atoms with E-state index in [-0.39, 0.29) is 6.04 Å². The van der Waals surface area contributed by atoms with Gasteiger partial charge in [0.1, 0.15) is 0 Å². The molecule has 0 fully saturated rings. The Bertz CT molecular complexity index is 508. The van der Waals surface area contributed by atoms with Crippen LogP contribution in [0, 0.1) is 6.92 Å². The summed E-state index contributed by atoms with van der Waals surface area (Å²) >= 11 is 3.48. The van der Waals surface area contributed by atoms with Crippen molar-refractivity contribution in [2.24, 2.45) is 5.73 Å². The van der Waals surface area contributed by atoms with Gasteiger partial charge in [-0.2, -0.15) is 0 Å². The molecule has 2 rings (SSSR count). The van der Waals surface area contributed by atoms with Crippen molar-refractivity contribution >= 4 is 15.9 Å². The Kier molecular flexibility index (Phi) is 3.97. The lowest BCUT2D eigenvalue weighted by atomic mass is 9.98. The van der Waals surface area contributed by atoms with Gasteiger partial charge < -0.3 is 5.73 Å². The van der Waals surface area contributed by atoms with E-state index in [1.165, 1.54) is 16.7 Å². The maximum absolute atomic E-state index is 6.23. The van der Waals surface area contributed by atoms with Gasteiger partial charge in [0.05, 0.1) is 0 Å². The first-order valence-corrected chi connectivity index (χ1v) is 6.51. The summed E-state index contributed by atoms with van der Waals surface area (Å²) in [6.07, 6.45) is 0.864.